The lowest BCUT2D eigenvalue weighted by Crippen LogP contribution is -2.33. The molecule has 0 saturated heterocycles. The largest absolute Gasteiger partial charge is 0.497 e. The summed E-state index contributed by atoms with van der Waals surface area (Å²) in [6.07, 6.45) is 7.25. The number of ether oxygens (including phenoxy) is 3. The summed E-state index contributed by atoms with van der Waals surface area (Å²) in [6, 6.07) is 47.2. The summed E-state index contributed by atoms with van der Waals surface area (Å²) in [6.45, 7) is 0.655. The molecule has 0 fully saturated rings. The summed E-state index contributed by atoms with van der Waals surface area (Å²) >= 11 is 0. The van der Waals surface area contributed by atoms with Gasteiger partial charge in [0.15, 0.2) is 0 Å². The highest BCUT2D eigenvalue weighted by Gasteiger charge is 2.44. The molecule has 0 saturated carbocycles. The van der Waals surface area contributed by atoms with Crippen molar-refractivity contribution in [2.75, 3.05) is 27.0 Å². The third-order valence-corrected chi connectivity index (χ3v) is 12.0. The molecule has 5 aromatic carbocycles. The van der Waals surface area contributed by atoms with E-state index in [-0.39, 0.29) is 0 Å². The Kier molecular flexibility index (Phi) is 10.1. The third kappa shape index (κ3) is 6.93. The van der Waals surface area contributed by atoms with Gasteiger partial charge in [-0.05, 0) is 79.1 Å². The molecule has 0 aliphatic rings. The van der Waals surface area contributed by atoms with E-state index >= 15 is 0 Å². The van der Waals surface area contributed by atoms with Crippen molar-refractivity contribution >= 4 is 35.3 Å². The minimum absolute atomic E-state index is 0.655. The summed E-state index contributed by atoms with van der Waals surface area (Å²) in [4.78, 5) is 0. The SMILES string of the molecule is COc1ccc(/C=C/c2ccc(OCCCC[P+](c3ccccc3)(c3ccccc3)c3ccccc3)cc2OC)cc1. The summed E-state index contributed by atoms with van der Waals surface area (Å²) in [5.74, 6) is 2.46. The monoisotopic (exact) mass is 573 g/mol. The van der Waals surface area contributed by atoms with Crippen LogP contribution in [0.3, 0.4) is 0 Å². The number of methoxy groups -OCH3 is 2. The second-order valence-corrected chi connectivity index (χ2v) is 13.7. The summed E-state index contributed by atoms with van der Waals surface area (Å²) in [5, 5.41) is 4.27. The molecule has 0 aliphatic heterocycles. The standard InChI is InChI=1S/C38H38O3P/c1-39-33-25-21-31(22-26-33)20-23-32-24-27-34(30-38(32)40-2)41-28-12-13-29-42(35-14-6-3-7-15-35,36-16-8-4-9-17-36)37-18-10-5-11-19-37/h3-11,14-27,30H,12-13,28-29H2,1-2H3/q+1/b23-20+. The fourth-order valence-electron chi connectivity index (χ4n) is 5.34. The maximum Gasteiger partial charge on any atom is 0.129 e. The lowest BCUT2D eigenvalue weighted by molar-refractivity contribution is 0.307. The van der Waals surface area contributed by atoms with Crippen LogP contribution >= 0.6 is 7.26 Å². The molecule has 0 spiro atoms. The van der Waals surface area contributed by atoms with E-state index in [2.05, 4.69) is 103 Å². The van der Waals surface area contributed by atoms with E-state index in [0.29, 0.717) is 6.61 Å². The molecule has 0 aliphatic carbocycles. The van der Waals surface area contributed by atoms with Crippen LogP contribution < -0.4 is 30.1 Å². The predicted molar refractivity (Wildman–Crippen MR) is 180 cm³/mol. The fourth-order valence-corrected chi connectivity index (χ4v) is 9.75. The van der Waals surface area contributed by atoms with E-state index in [1.807, 2.05) is 42.5 Å². The van der Waals surface area contributed by atoms with Crippen molar-refractivity contribution in [2.45, 2.75) is 12.8 Å². The molecule has 212 valence electrons. The first-order valence-electron chi connectivity index (χ1n) is 14.4. The maximum absolute atomic E-state index is 6.22. The molecular formula is C38H38O3P+. The van der Waals surface area contributed by atoms with Gasteiger partial charge >= 0.3 is 0 Å². The van der Waals surface area contributed by atoms with Gasteiger partial charge in [0, 0.05) is 11.6 Å². The van der Waals surface area contributed by atoms with Crippen LogP contribution in [-0.2, 0) is 0 Å². The number of rotatable bonds is 13. The van der Waals surface area contributed by atoms with Gasteiger partial charge in [0.25, 0.3) is 0 Å². The first-order valence-corrected chi connectivity index (χ1v) is 16.4. The normalized spacial score (nSPS) is 11.4. The minimum atomic E-state index is -1.81. The van der Waals surface area contributed by atoms with Gasteiger partial charge in [-0.3, -0.25) is 0 Å². The summed E-state index contributed by atoms with van der Waals surface area (Å²) in [5.41, 5.74) is 2.10. The second-order valence-electron chi connectivity index (χ2n) is 10.1. The highest BCUT2D eigenvalue weighted by atomic mass is 31.2. The first-order chi connectivity index (χ1) is 20.7. The van der Waals surface area contributed by atoms with Crippen LogP contribution in [-0.4, -0.2) is 27.0 Å². The van der Waals surface area contributed by atoms with Crippen LogP contribution in [0.2, 0.25) is 0 Å². The van der Waals surface area contributed by atoms with Gasteiger partial charge in [0.1, 0.15) is 40.4 Å². The van der Waals surface area contributed by atoms with Crippen molar-refractivity contribution in [3.05, 3.63) is 145 Å². The van der Waals surface area contributed by atoms with E-state index in [1.54, 1.807) is 14.2 Å². The van der Waals surface area contributed by atoms with Crippen LogP contribution in [0.4, 0.5) is 0 Å². The number of benzene rings is 5. The van der Waals surface area contributed by atoms with E-state index in [0.717, 1.165) is 47.4 Å². The highest BCUT2D eigenvalue weighted by molar-refractivity contribution is 7.95. The Hall–Kier alpha value is -4.33. The van der Waals surface area contributed by atoms with E-state index in [9.17, 15) is 0 Å². The highest BCUT2D eigenvalue weighted by Crippen LogP contribution is 2.55. The molecule has 4 heteroatoms. The van der Waals surface area contributed by atoms with Crippen LogP contribution in [0, 0.1) is 0 Å². The lowest BCUT2D eigenvalue weighted by Gasteiger charge is -2.27. The fraction of sp³-hybridized carbons (Fsp3) is 0.158. The van der Waals surface area contributed by atoms with Gasteiger partial charge in [-0.1, -0.05) is 78.9 Å². The number of hydrogen-bond donors (Lipinski definition) is 0. The average Bonchev–Trinajstić information content (AvgIpc) is 3.07. The van der Waals surface area contributed by atoms with Crippen molar-refractivity contribution in [3.8, 4) is 17.2 Å². The Labute approximate surface area is 250 Å². The average molecular weight is 574 g/mol. The van der Waals surface area contributed by atoms with Crippen LogP contribution in [0.15, 0.2) is 133 Å². The molecule has 0 atom stereocenters. The molecule has 0 heterocycles. The predicted octanol–water partition coefficient (Wildman–Crippen LogP) is 8.03. The molecular weight excluding hydrogens is 535 g/mol. The zero-order valence-corrected chi connectivity index (χ0v) is 25.3. The number of hydrogen-bond acceptors (Lipinski definition) is 3. The Balaban J connectivity index is 1.27. The zero-order chi connectivity index (χ0) is 29.0. The Morgan fingerprint density at radius 3 is 1.62 bits per heavy atom. The smallest absolute Gasteiger partial charge is 0.129 e. The molecule has 0 N–H and O–H groups in total. The second kappa shape index (κ2) is 14.5. The molecule has 5 rings (SSSR count). The Morgan fingerprint density at radius 1 is 0.548 bits per heavy atom. The molecule has 0 unspecified atom stereocenters. The lowest BCUT2D eigenvalue weighted by atomic mass is 10.1. The van der Waals surface area contributed by atoms with Gasteiger partial charge in [-0.15, -0.1) is 0 Å². The van der Waals surface area contributed by atoms with Crippen molar-refractivity contribution in [2.24, 2.45) is 0 Å². The molecule has 0 radical (unpaired) electrons. The topological polar surface area (TPSA) is 27.7 Å². The quantitative estimate of drug-likeness (QED) is 0.0811. The van der Waals surface area contributed by atoms with Crippen LogP contribution in [0.25, 0.3) is 12.2 Å². The molecule has 42 heavy (non-hydrogen) atoms. The molecule has 0 aromatic heterocycles. The zero-order valence-electron chi connectivity index (χ0n) is 24.4. The molecule has 5 aromatic rings. The van der Waals surface area contributed by atoms with E-state index in [1.165, 1.54) is 15.9 Å². The van der Waals surface area contributed by atoms with Gasteiger partial charge in [0.05, 0.1) is 27.0 Å². The number of unbranched alkanes of at least 4 members (excludes halogenated alkanes) is 1. The molecule has 3 nitrogen and oxygen atoms in total. The third-order valence-electron chi connectivity index (χ3n) is 7.52. The van der Waals surface area contributed by atoms with Crippen LogP contribution in [0.1, 0.15) is 24.0 Å². The molecule has 0 bridgehead atoms. The van der Waals surface area contributed by atoms with Crippen molar-refractivity contribution in [1.29, 1.82) is 0 Å². The molecule has 0 amide bonds. The van der Waals surface area contributed by atoms with Gasteiger partial charge in [0.2, 0.25) is 0 Å². The Bertz CT molecular complexity index is 1450. The van der Waals surface area contributed by atoms with E-state index < -0.39 is 7.26 Å². The maximum atomic E-state index is 6.22. The van der Waals surface area contributed by atoms with E-state index in [4.69, 9.17) is 14.2 Å². The minimum Gasteiger partial charge on any atom is -0.497 e. The van der Waals surface area contributed by atoms with Gasteiger partial charge < -0.3 is 14.2 Å². The first kappa shape index (κ1) is 29.2. The van der Waals surface area contributed by atoms with Crippen molar-refractivity contribution in [1.82, 2.24) is 0 Å². The summed E-state index contributed by atoms with van der Waals surface area (Å²) < 4.78 is 17.2. The van der Waals surface area contributed by atoms with Crippen LogP contribution in [0.5, 0.6) is 17.2 Å². The van der Waals surface area contributed by atoms with Crippen molar-refractivity contribution in [3.63, 3.8) is 0 Å². The van der Waals surface area contributed by atoms with Gasteiger partial charge in [-0.25, -0.2) is 0 Å². The van der Waals surface area contributed by atoms with Gasteiger partial charge in [-0.2, -0.15) is 0 Å². The summed E-state index contributed by atoms with van der Waals surface area (Å²) in [7, 11) is 1.56. The Morgan fingerprint density at radius 2 is 1.10 bits per heavy atom. The van der Waals surface area contributed by atoms with Crippen molar-refractivity contribution < 1.29 is 14.2 Å².